The van der Waals surface area contributed by atoms with Crippen molar-refractivity contribution in [2.45, 2.75) is 18.2 Å². The summed E-state index contributed by atoms with van der Waals surface area (Å²) in [7, 11) is 1.14. The predicted octanol–water partition coefficient (Wildman–Crippen LogP) is 4.28. The number of fused-ring (bicyclic) bond motifs is 1. The molecule has 2 aromatic carbocycles. The Balaban J connectivity index is 1.94. The fraction of sp³-hybridized carbons (Fsp3) is 0.200. The smallest absolute Gasteiger partial charge is 0.435 e. The van der Waals surface area contributed by atoms with Gasteiger partial charge in [0.2, 0.25) is 5.88 Å². The molecular weight excluding hydrogens is 373 g/mol. The number of benzene rings is 2. The second kappa shape index (κ2) is 6.70. The maximum Gasteiger partial charge on any atom is 0.435 e. The first-order chi connectivity index (χ1) is 13.4. The Bertz CT molecular complexity index is 1000. The van der Waals surface area contributed by atoms with Gasteiger partial charge >= 0.3 is 12.1 Å². The van der Waals surface area contributed by atoms with Crippen LogP contribution in [0.25, 0.3) is 5.69 Å². The lowest BCUT2D eigenvalue weighted by molar-refractivity contribution is -0.146. The number of para-hydroxylation sites is 1. The van der Waals surface area contributed by atoms with Crippen molar-refractivity contribution in [2.24, 2.45) is 0 Å². The first-order valence-corrected chi connectivity index (χ1v) is 8.46. The summed E-state index contributed by atoms with van der Waals surface area (Å²) in [6.07, 6.45) is -5.71. The van der Waals surface area contributed by atoms with Gasteiger partial charge in [0.05, 0.1) is 18.4 Å². The van der Waals surface area contributed by atoms with Crippen LogP contribution in [0, 0.1) is 0 Å². The Morgan fingerprint density at radius 2 is 1.68 bits per heavy atom. The fourth-order valence-electron chi connectivity index (χ4n) is 3.37. The molecule has 1 aromatic heterocycles. The van der Waals surface area contributed by atoms with Gasteiger partial charge in [0, 0.05) is 0 Å². The molecule has 144 valence electrons. The number of esters is 1. The topological polar surface area (TPSA) is 53.3 Å². The largest absolute Gasteiger partial charge is 0.468 e. The Labute approximate surface area is 158 Å². The summed E-state index contributed by atoms with van der Waals surface area (Å²) in [4.78, 5) is 12.5. The van der Waals surface area contributed by atoms with Crippen LogP contribution in [0.4, 0.5) is 13.2 Å². The lowest BCUT2D eigenvalue weighted by Crippen LogP contribution is -2.23. The van der Waals surface area contributed by atoms with Crippen LogP contribution >= 0.6 is 0 Å². The van der Waals surface area contributed by atoms with Gasteiger partial charge in [0.25, 0.3) is 0 Å². The number of hydrogen-bond donors (Lipinski definition) is 0. The van der Waals surface area contributed by atoms with Gasteiger partial charge in [-0.25, -0.2) is 4.68 Å². The maximum absolute atomic E-state index is 13.8. The zero-order valence-corrected chi connectivity index (χ0v) is 14.7. The number of hydrogen-bond acceptors (Lipinski definition) is 4. The molecule has 28 heavy (non-hydrogen) atoms. The van der Waals surface area contributed by atoms with Crippen molar-refractivity contribution >= 4 is 5.97 Å². The zero-order chi connectivity index (χ0) is 19.9. The fourth-order valence-corrected chi connectivity index (χ4v) is 3.37. The molecule has 0 radical (unpaired) electrons. The minimum Gasteiger partial charge on any atom is -0.468 e. The molecule has 0 bridgehead atoms. The Morgan fingerprint density at radius 3 is 2.25 bits per heavy atom. The maximum atomic E-state index is 13.8. The molecule has 2 atom stereocenters. The standard InChI is InChI=1S/C20H15F3N2O3/c1-27-19(26)14-15-17(20(21,22)23)24-25(13-10-6-3-7-11-13)18(15)28-16(14)12-8-4-2-5-9-12/h2-11,14,16H,1H3/t14-,16+/m0/s1. The van der Waals surface area contributed by atoms with Crippen molar-refractivity contribution in [1.82, 2.24) is 9.78 Å². The van der Waals surface area contributed by atoms with E-state index < -0.39 is 29.9 Å². The Morgan fingerprint density at radius 1 is 1.07 bits per heavy atom. The molecule has 0 saturated carbocycles. The van der Waals surface area contributed by atoms with Crippen molar-refractivity contribution in [1.29, 1.82) is 0 Å². The van der Waals surface area contributed by atoms with E-state index in [1.807, 2.05) is 0 Å². The Kier molecular flexibility index (Phi) is 4.33. The summed E-state index contributed by atoms with van der Waals surface area (Å²) in [5, 5.41) is 3.73. The summed E-state index contributed by atoms with van der Waals surface area (Å²) in [5.41, 5.74) is -0.495. The molecule has 0 fully saturated rings. The van der Waals surface area contributed by atoms with Crippen LogP contribution in [-0.2, 0) is 15.7 Å². The van der Waals surface area contributed by atoms with Crippen LogP contribution in [0.15, 0.2) is 60.7 Å². The molecule has 1 aliphatic heterocycles. The van der Waals surface area contributed by atoms with Gasteiger partial charge in [-0.3, -0.25) is 4.79 Å². The van der Waals surface area contributed by atoms with Crippen LogP contribution < -0.4 is 4.74 Å². The summed E-state index contributed by atoms with van der Waals surface area (Å²) < 4.78 is 53.0. The monoisotopic (exact) mass is 388 g/mol. The summed E-state index contributed by atoms with van der Waals surface area (Å²) in [5.74, 6) is -2.20. The number of ether oxygens (including phenoxy) is 2. The first-order valence-electron chi connectivity index (χ1n) is 8.46. The number of carbonyl (C=O) groups is 1. The van der Waals surface area contributed by atoms with Gasteiger partial charge < -0.3 is 9.47 Å². The number of nitrogens with zero attached hydrogens (tertiary/aromatic N) is 2. The quantitative estimate of drug-likeness (QED) is 0.629. The number of aromatic nitrogens is 2. The lowest BCUT2D eigenvalue weighted by atomic mass is 9.91. The van der Waals surface area contributed by atoms with Crippen LogP contribution in [0.3, 0.4) is 0 Å². The van der Waals surface area contributed by atoms with Gasteiger partial charge in [-0.2, -0.15) is 18.3 Å². The van der Waals surface area contributed by atoms with Gasteiger partial charge in [0.1, 0.15) is 12.0 Å². The van der Waals surface area contributed by atoms with Crippen LogP contribution in [-0.4, -0.2) is 22.9 Å². The highest BCUT2D eigenvalue weighted by atomic mass is 19.4. The average Bonchev–Trinajstić information content (AvgIpc) is 3.25. The van der Waals surface area contributed by atoms with E-state index in [9.17, 15) is 18.0 Å². The van der Waals surface area contributed by atoms with Gasteiger partial charge in [-0.1, -0.05) is 48.5 Å². The van der Waals surface area contributed by atoms with Gasteiger partial charge in [-0.15, -0.1) is 0 Å². The van der Waals surface area contributed by atoms with Crippen molar-refractivity contribution in [3.05, 3.63) is 77.5 Å². The van der Waals surface area contributed by atoms with E-state index in [1.54, 1.807) is 60.7 Å². The highest BCUT2D eigenvalue weighted by Crippen LogP contribution is 2.52. The highest BCUT2D eigenvalue weighted by Gasteiger charge is 2.52. The number of rotatable bonds is 3. The molecule has 2 heterocycles. The van der Waals surface area contributed by atoms with E-state index in [2.05, 4.69) is 5.10 Å². The second-order valence-corrected chi connectivity index (χ2v) is 6.26. The van der Waals surface area contributed by atoms with E-state index in [-0.39, 0.29) is 11.4 Å². The number of halogens is 3. The SMILES string of the molecule is COC(=O)[C@H]1c2c(C(F)(F)F)nn(-c3ccccc3)c2O[C@@H]1c1ccccc1. The second-order valence-electron chi connectivity index (χ2n) is 6.26. The van der Waals surface area contributed by atoms with Crippen LogP contribution in [0.1, 0.15) is 28.8 Å². The zero-order valence-electron chi connectivity index (χ0n) is 14.7. The predicted molar refractivity (Wildman–Crippen MR) is 93.1 cm³/mol. The molecule has 0 saturated heterocycles. The van der Waals surface area contributed by atoms with E-state index in [0.717, 1.165) is 11.8 Å². The minimum atomic E-state index is -4.76. The van der Waals surface area contributed by atoms with Crippen molar-refractivity contribution < 1.29 is 27.4 Å². The number of carbonyl (C=O) groups excluding carboxylic acids is 1. The molecule has 0 N–H and O–H groups in total. The van der Waals surface area contributed by atoms with Crippen molar-refractivity contribution in [2.75, 3.05) is 7.11 Å². The molecule has 3 aromatic rings. The molecule has 0 unspecified atom stereocenters. The Hall–Kier alpha value is -3.29. The molecule has 1 aliphatic rings. The summed E-state index contributed by atoms with van der Waals surface area (Å²) in [6.45, 7) is 0. The first kappa shape index (κ1) is 18.1. The number of alkyl halides is 3. The van der Waals surface area contributed by atoms with E-state index in [4.69, 9.17) is 9.47 Å². The highest BCUT2D eigenvalue weighted by molar-refractivity contribution is 5.82. The van der Waals surface area contributed by atoms with E-state index in [1.165, 1.54) is 0 Å². The molecule has 5 nitrogen and oxygen atoms in total. The van der Waals surface area contributed by atoms with E-state index in [0.29, 0.717) is 11.3 Å². The van der Waals surface area contributed by atoms with Crippen molar-refractivity contribution in [3.63, 3.8) is 0 Å². The van der Waals surface area contributed by atoms with Gasteiger partial charge in [0.15, 0.2) is 5.69 Å². The molecule has 4 rings (SSSR count). The molecule has 0 aliphatic carbocycles. The molecule has 0 amide bonds. The third-order valence-corrected chi connectivity index (χ3v) is 4.58. The number of methoxy groups -OCH3 is 1. The average molecular weight is 388 g/mol. The molecular formula is C20H15F3N2O3. The van der Waals surface area contributed by atoms with Crippen LogP contribution in [0.2, 0.25) is 0 Å². The minimum absolute atomic E-state index is 0.109. The van der Waals surface area contributed by atoms with Crippen molar-refractivity contribution in [3.8, 4) is 11.6 Å². The normalized spacial score (nSPS) is 18.4. The summed E-state index contributed by atoms with van der Waals surface area (Å²) >= 11 is 0. The van der Waals surface area contributed by atoms with E-state index >= 15 is 0 Å². The molecule has 8 heteroatoms. The third kappa shape index (κ3) is 2.90. The van der Waals surface area contributed by atoms with Gasteiger partial charge in [-0.05, 0) is 17.7 Å². The molecule has 0 spiro atoms. The lowest BCUT2D eigenvalue weighted by Gasteiger charge is -2.19. The third-order valence-electron chi connectivity index (χ3n) is 4.58. The van der Waals surface area contributed by atoms with Crippen LogP contribution in [0.5, 0.6) is 5.88 Å². The summed E-state index contributed by atoms with van der Waals surface area (Å²) in [6, 6.07) is 16.9.